The van der Waals surface area contributed by atoms with Crippen molar-refractivity contribution in [2.24, 2.45) is 5.92 Å². The molecule has 1 saturated heterocycles. The molecule has 1 aromatic carbocycles. The third-order valence-corrected chi connectivity index (χ3v) is 5.02. The molecule has 0 radical (unpaired) electrons. The van der Waals surface area contributed by atoms with Gasteiger partial charge >= 0.3 is 0 Å². The molecule has 1 saturated carbocycles. The van der Waals surface area contributed by atoms with Crippen molar-refractivity contribution in [3.05, 3.63) is 34.9 Å². The Kier molecular flexibility index (Phi) is 3.74. The van der Waals surface area contributed by atoms with E-state index in [2.05, 4.69) is 0 Å². The van der Waals surface area contributed by atoms with Crippen LogP contribution in [0.4, 0.5) is 0 Å². The van der Waals surface area contributed by atoms with Crippen LogP contribution in [-0.4, -0.2) is 34.6 Å². The van der Waals surface area contributed by atoms with Crippen molar-refractivity contribution < 1.29 is 9.90 Å². The first-order chi connectivity index (χ1) is 9.58. The molecule has 108 valence electrons. The minimum Gasteiger partial charge on any atom is -0.389 e. The summed E-state index contributed by atoms with van der Waals surface area (Å²) in [6, 6.07) is 7.09. The molecule has 3 nitrogen and oxygen atoms in total. The zero-order valence-corrected chi connectivity index (χ0v) is 12.3. The number of fused-ring (bicyclic) bond motifs is 1. The second kappa shape index (κ2) is 5.38. The number of nitrogens with zero attached hydrogens (tertiary/aromatic N) is 1. The Morgan fingerprint density at radius 1 is 1.35 bits per heavy atom. The third-order valence-electron chi connectivity index (χ3n) is 4.79. The maximum atomic E-state index is 12.5. The highest BCUT2D eigenvalue weighted by Crippen LogP contribution is 2.40. The molecule has 1 N–H and O–H groups in total. The largest absolute Gasteiger partial charge is 0.389 e. The molecule has 1 aliphatic heterocycles. The highest BCUT2D eigenvalue weighted by Gasteiger charge is 2.43. The van der Waals surface area contributed by atoms with Crippen LogP contribution in [0.25, 0.3) is 0 Å². The molecule has 1 heterocycles. The summed E-state index contributed by atoms with van der Waals surface area (Å²) >= 11 is 5.95. The molecule has 20 heavy (non-hydrogen) atoms. The first-order valence-corrected chi connectivity index (χ1v) is 7.73. The van der Waals surface area contributed by atoms with Gasteiger partial charge in [-0.15, -0.1) is 0 Å². The van der Waals surface area contributed by atoms with Gasteiger partial charge in [0.1, 0.15) is 0 Å². The topological polar surface area (TPSA) is 40.5 Å². The number of benzene rings is 1. The number of piperidine rings is 1. The highest BCUT2D eigenvalue weighted by atomic mass is 35.5. The van der Waals surface area contributed by atoms with Crippen molar-refractivity contribution in [2.45, 2.75) is 37.7 Å². The van der Waals surface area contributed by atoms with Gasteiger partial charge in [-0.1, -0.05) is 30.5 Å². The molecule has 3 rings (SSSR count). The Labute approximate surface area is 124 Å². The molecule has 1 aromatic rings. The zero-order chi connectivity index (χ0) is 14.2. The van der Waals surface area contributed by atoms with Gasteiger partial charge in [0.2, 0.25) is 0 Å². The number of carbonyl (C=O) groups excluding carboxylic acids is 1. The molecule has 1 amide bonds. The fraction of sp³-hybridized carbons (Fsp3) is 0.562. The molecular formula is C16H20ClNO2. The van der Waals surface area contributed by atoms with E-state index in [0.717, 1.165) is 25.7 Å². The lowest BCUT2D eigenvalue weighted by Crippen LogP contribution is -2.54. The number of aliphatic hydroxyl groups is 1. The van der Waals surface area contributed by atoms with E-state index in [1.165, 1.54) is 0 Å². The second-order valence-electron chi connectivity index (χ2n) is 6.06. The monoisotopic (exact) mass is 293 g/mol. The molecule has 2 unspecified atom stereocenters. The zero-order valence-electron chi connectivity index (χ0n) is 11.5. The maximum Gasteiger partial charge on any atom is 0.253 e. The molecule has 0 spiro atoms. The van der Waals surface area contributed by atoms with Crippen molar-refractivity contribution in [1.82, 2.24) is 4.90 Å². The SMILES string of the molecule is O=C(c1cccc(Cl)c1)N1CCC2(O)CCCCC2C1. The van der Waals surface area contributed by atoms with Crippen molar-refractivity contribution in [1.29, 1.82) is 0 Å². The molecule has 1 aliphatic carbocycles. The Morgan fingerprint density at radius 2 is 2.20 bits per heavy atom. The van der Waals surface area contributed by atoms with Gasteiger partial charge in [0, 0.05) is 29.6 Å². The van der Waals surface area contributed by atoms with Crippen LogP contribution in [0.15, 0.2) is 24.3 Å². The van der Waals surface area contributed by atoms with E-state index in [9.17, 15) is 9.90 Å². The smallest absolute Gasteiger partial charge is 0.253 e. The molecule has 2 atom stereocenters. The van der Waals surface area contributed by atoms with Gasteiger partial charge in [-0.2, -0.15) is 0 Å². The number of hydrogen-bond donors (Lipinski definition) is 1. The maximum absolute atomic E-state index is 12.5. The number of halogens is 1. The van der Waals surface area contributed by atoms with Crippen LogP contribution in [0.3, 0.4) is 0 Å². The minimum absolute atomic E-state index is 0.0279. The van der Waals surface area contributed by atoms with Crippen LogP contribution in [0.2, 0.25) is 5.02 Å². The lowest BCUT2D eigenvalue weighted by molar-refractivity contribution is -0.0886. The van der Waals surface area contributed by atoms with Crippen molar-refractivity contribution in [3.63, 3.8) is 0 Å². The summed E-state index contributed by atoms with van der Waals surface area (Å²) in [5.41, 5.74) is 0.0994. The van der Waals surface area contributed by atoms with E-state index in [0.29, 0.717) is 30.1 Å². The molecule has 2 fully saturated rings. The van der Waals surface area contributed by atoms with Crippen LogP contribution in [0.1, 0.15) is 42.5 Å². The summed E-state index contributed by atoms with van der Waals surface area (Å²) < 4.78 is 0. The van der Waals surface area contributed by atoms with Gasteiger partial charge in [-0.05, 0) is 37.5 Å². The van der Waals surface area contributed by atoms with E-state index in [1.54, 1.807) is 24.3 Å². The Morgan fingerprint density at radius 3 is 3.00 bits per heavy atom. The van der Waals surface area contributed by atoms with Gasteiger partial charge in [-0.25, -0.2) is 0 Å². The van der Waals surface area contributed by atoms with Crippen LogP contribution in [0, 0.1) is 5.92 Å². The molecule has 0 aromatic heterocycles. The quantitative estimate of drug-likeness (QED) is 0.864. The lowest BCUT2D eigenvalue weighted by atomic mass is 9.71. The fourth-order valence-corrected chi connectivity index (χ4v) is 3.75. The summed E-state index contributed by atoms with van der Waals surface area (Å²) in [6.07, 6.45) is 4.87. The van der Waals surface area contributed by atoms with Crippen LogP contribution in [-0.2, 0) is 0 Å². The van der Waals surface area contributed by atoms with Crippen LogP contribution >= 0.6 is 11.6 Å². The van der Waals surface area contributed by atoms with E-state index in [-0.39, 0.29) is 11.8 Å². The number of amides is 1. The summed E-state index contributed by atoms with van der Waals surface area (Å²) in [6.45, 7) is 1.31. The molecule has 2 aliphatic rings. The summed E-state index contributed by atoms with van der Waals surface area (Å²) in [5.74, 6) is 0.258. The number of hydrogen-bond acceptors (Lipinski definition) is 2. The highest BCUT2D eigenvalue weighted by molar-refractivity contribution is 6.30. The molecule has 0 bridgehead atoms. The van der Waals surface area contributed by atoms with Gasteiger partial charge in [-0.3, -0.25) is 4.79 Å². The van der Waals surface area contributed by atoms with Crippen molar-refractivity contribution >= 4 is 17.5 Å². The van der Waals surface area contributed by atoms with Gasteiger partial charge in [0.15, 0.2) is 0 Å². The Bertz CT molecular complexity index is 519. The summed E-state index contributed by atoms with van der Waals surface area (Å²) in [5, 5.41) is 11.2. The van der Waals surface area contributed by atoms with E-state index in [1.807, 2.05) is 4.90 Å². The first kappa shape index (κ1) is 13.9. The van der Waals surface area contributed by atoms with E-state index in [4.69, 9.17) is 11.6 Å². The van der Waals surface area contributed by atoms with E-state index >= 15 is 0 Å². The number of rotatable bonds is 1. The Balaban J connectivity index is 1.74. The standard InChI is InChI=1S/C16H20ClNO2/c17-14-6-3-4-12(10-14)15(19)18-9-8-16(20)7-2-1-5-13(16)11-18/h3-4,6,10,13,20H,1-2,5,7-9,11H2. The van der Waals surface area contributed by atoms with Crippen LogP contribution in [0.5, 0.6) is 0 Å². The molecule has 4 heteroatoms. The van der Waals surface area contributed by atoms with Crippen molar-refractivity contribution in [2.75, 3.05) is 13.1 Å². The predicted molar refractivity (Wildman–Crippen MR) is 78.9 cm³/mol. The summed E-state index contributed by atoms with van der Waals surface area (Å²) in [7, 11) is 0. The minimum atomic E-state index is -0.538. The average Bonchev–Trinajstić information content (AvgIpc) is 2.45. The Hall–Kier alpha value is -1.06. The average molecular weight is 294 g/mol. The van der Waals surface area contributed by atoms with Crippen molar-refractivity contribution in [3.8, 4) is 0 Å². The second-order valence-corrected chi connectivity index (χ2v) is 6.49. The van der Waals surface area contributed by atoms with Gasteiger partial charge < -0.3 is 10.0 Å². The predicted octanol–water partition coefficient (Wildman–Crippen LogP) is 3.11. The van der Waals surface area contributed by atoms with Gasteiger partial charge in [0.25, 0.3) is 5.91 Å². The fourth-order valence-electron chi connectivity index (χ4n) is 3.56. The third kappa shape index (κ3) is 2.57. The number of likely N-dealkylation sites (tertiary alicyclic amines) is 1. The first-order valence-electron chi connectivity index (χ1n) is 7.36. The normalized spacial score (nSPS) is 29.9. The van der Waals surface area contributed by atoms with Crippen LogP contribution < -0.4 is 0 Å². The lowest BCUT2D eigenvalue weighted by Gasteiger charge is -2.47. The summed E-state index contributed by atoms with van der Waals surface area (Å²) in [4.78, 5) is 14.4. The van der Waals surface area contributed by atoms with E-state index < -0.39 is 5.60 Å². The van der Waals surface area contributed by atoms with Gasteiger partial charge in [0.05, 0.1) is 5.60 Å². The molecular weight excluding hydrogens is 274 g/mol. The number of carbonyl (C=O) groups is 1.